The third kappa shape index (κ3) is 4.02. The zero-order valence-corrected chi connectivity index (χ0v) is 11.8. The van der Waals surface area contributed by atoms with Gasteiger partial charge >= 0.3 is 6.18 Å². The van der Waals surface area contributed by atoms with Crippen LogP contribution >= 0.6 is 0 Å². The van der Waals surface area contributed by atoms with Crippen LogP contribution in [0.1, 0.15) is 18.1 Å². The molecule has 1 heterocycles. The molecule has 23 heavy (non-hydrogen) atoms. The van der Waals surface area contributed by atoms with Gasteiger partial charge in [0.2, 0.25) is 0 Å². The number of aromatic nitrogens is 1. The summed E-state index contributed by atoms with van der Waals surface area (Å²) in [5.74, 6) is 0. The largest absolute Gasteiger partial charge is 0.416 e. The molecule has 0 fully saturated rings. The molecule has 9 heteroatoms. The number of hydrazone groups is 1. The van der Waals surface area contributed by atoms with Crippen molar-refractivity contribution in [2.75, 3.05) is 5.43 Å². The SMILES string of the molecule is C/C(=N/Nc1ccc(C(F)(F)F)cc1[N+](=O)[O-])c1ccncc1. The lowest BCUT2D eigenvalue weighted by atomic mass is 10.1. The highest BCUT2D eigenvalue weighted by atomic mass is 19.4. The molecular formula is C14H11F3N4O2. The fourth-order valence-electron chi connectivity index (χ4n) is 1.76. The maximum Gasteiger partial charge on any atom is 0.416 e. The van der Waals surface area contributed by atoms with E-state index in [0.29, 0.717) is 11.8 Å². The maximum absolute atomic E-state index is 12.6. The lowest BCUT2D eigenvalue weighted by Gasteiger charge is -2.09. The van der Waals surface area contributed by atoms with Gasteiger partial charge in [-0.25, -0.2) is 0 Å². The number of nitrogens with one attached hydrogen (secondary N) is 1. The molecule has 0 aliphatic rings. The Bertz CT molecular complexity index is 745. The normalized spacial score (nSPS) is 12.1. The van der Waals surface area contributed by atoms with Crippen molar-refractivity contribution in [1.82, 2.24) is 4.98 Å². The van der Waals surface area contributed by atoms with E-state index in [-0.39, 0.29) is 5.69 Å². The molecule has 0 saturated heterocycles. The molecule has 0 unspecified atom stereocenters. The second-order valence-electron chi connectivity index (χ2n) is 4.53. The average Bonchev–Trinajstić information content (AvgIpc) is 2.52. The van der Waals surface area contributed by atoms with E-state index in [9.17, 15) is 23.3 Å². The first-order valence-corrected chi connectivity index (χ1v) is 6.35. The van der Waals surface area contributed by atoms with Crippen LogP contribution in [0.2, 0.25) is 0 Å². The van der Waals surface area contributed by atoms with Gasteiger partial charge in [0.25, 0.3) is 5.69 Å². The molecule has 0 saturated carbocycles. The first kappa shape index (κ1) is 16.4. The molecule has 2 aromatic rings. The monoisotopic (exact) mass is 324 g/mol. The van der Waals surface area contributed by atoms with E-state index in [4.69, 9.17) is 0 Å². The van der Waals surface area contributed by atoms with Gasteiger partial charge in [-0.05, 0) is 31.2 Å². The van der Waals surface area contributed by atoms with Gasteiger partial charge in [0.1, 0.15) is 5.69 Å². The number of alkyl halides is 3. The molecular weight excluding hydrogens is 313 g/mol. The highest BCUT2D eigenvalue weighted by Gasteiger charge is 2.33. The van der Waals surface area contributed by atoms with Gasteiger partial charge in [0.05, 0.1) is 16.2 Å². The van der Waals surface area contributed by atoms with Crippen molar-refractivity contribution >= 4 is 17.1 Å². The third-order valence-corrected chi connectivity index (χ3v) is 2.96. The minimum absolute atomic E-state index is 0.128. The Kier molecular flexibility index (Phi) is 4.58. The second kappa shape index (κ2) is 6.42. The Hall–Kier alpha value is -2.97. The van der Waals surface area contributed by atoms with Crippen LogP contribution in [0.25, 0.3) is 0 Å². The van der Waals surface area contributed by atoms with Crippen LogP contribution in [0.5, 0.6) is 0 Å². The van der Waals surface area contributed by atoms with Crippen molar-refractivity contribution in [1.29, 1.82) is 0 Å². The molecule has 1 aromatic heterocycles. The second-order valence-corrected chi connectivity index (χ2v) is 4.53. The van der Waals surface area contributed by atoms with E-state index in [0.717, 1.165) is 17.7 Å². The van der Waals surface area contributed by atoms with E-state index >= 15 is 0 Å². The van der Waals surface area contributed by atoms with Gasteiger partial charge in [0.15, 0.2) is 0 Å². The van der Waals surface area contributed by atoms with Crippen molar-refractivity contribution < 1.29 is 18.1 Å². The number of hydrogen-bond acceptors (Lipinski definition) is 5. The zero-order chi connectivity index (χ0) is 17.0. The standard InChI is InChI=1S/C14H11F3N4O2/c1-9(10-4-6-18-7-5-10)19-20-12-3-2-11(14(15,16)17)8-13(12)21(22)23/h2-8,20H,1H3/b19-9-. The van der Waals surface area contributed by atoms with E-state index in [1.54, 1.807) is 31.5 Å². The number of rotatable bonds is 4. The summed E-state index contributed by atoms with van der Waals surface area (Å²) in [6.45, 7) is 1.65. The molecule has 0 aliphatic heterocycles. The summed E-state index contributed by atoms with van der Waals surface area (Å²) in [4.78, 5) is 13.9. The van der Waals surface area contributed by atoms with Crippen LogP contribution in [-0.2, 0) is 6.18 Å². The average molecular weight is 324 g/mol. The Balaban J connectivity index is 2.31. The molecule has 0 radical (unpaired) electrons. The lowest BCUT2D eigenvalue weighted by Crippen LogP contribution is -2.07. The molecule has 120 valence electrons. The van der Waals surface area contributed by atoms with Crippen LogP contribution in [0.3, 0.4) is 0 Å². The first-order chi connectivity index (χ1) is 10.8. The number of halogens is 3. The van der Waals surface area contributed by atoms with Crippen LogP contribution in [0.4, 0.5) is 24.5 Å². The fraction of sp³-hybridized carbons (Fsp3) is 0.143. The van der Waals surface area contributed by atoms with Gasteiger partial charge < -0.3 is 0 Å². The smallest absolute Gasteiger partial charge is 0.271 e. The Morgan fingerprint density at radius 2 is 1.91 bits per heavy atom. The number of benzene rings is 1. The molecule has 0 bridgehead atoms. The van der Waals surface area contributed by atoms with E-state index in [1.165, 1.54) is 0 Å². The summed E-state index contributed by atoms with van der Waals surface area (Å²) in [5, 5.41) is 14.9. The highest BCUT2D eigenvalue weighted by Crippen LogP contribution is 2.34. The Labute approximate surface area is 128 Å². The van der Waals surface area contributed by atoms with Gasteiger partial charge in [-0.2, -0.15) is 18.3 Å². The first-order valence-electron chi connectivity index (χ1n) is 6.35. The fourth-order valence-corrected chi connectivity index (χ4v) is 1.76. The van der Waals surface area contributed by atoms with Crippen molar-refractivity contribution in [2.45, 2.75) is 13.1 Å². The number of nitro groups is 1. The molecule has 0 spiro atoms. The number of pyridine rings is 1. The van der Waals surface area contributed by atoms with Gasteiger partial charge in [-0.1, -0.05) is 0 Å². The lowest BCUT2D eigenvalue weighted by molar-refractivity contribution is -0.384. The van der Waals surface area contributed by atoms with Gasteiger partial charge in [0, 0.05) is 24.0 Å². The maximum atomic E-state index is 12.6. The van der Waals surface area contributed by atoms with Crippen molar-refractivity contribution in [3.05, 3.63) is 64.0 Å². The van der Waals surface area contributed by atoms with E-state index in [1.807, 2.05) is 0 Å². The van der Waals surface area contributed by atoms with Crippen molar-refractivity contribution in [3.63, 3.8) is 0 Å². The minimum atomic E-state index is -4.65. The topological polar surface area (TPSA) is 80.4 Å². The molecule has 0 atom stereocenters. The zero-order valence-electron chi connectivity index (χ0n) is 11.8. The third-order valence-electron chi connectivity index (χ3n) is 2.96. The highest BCUT2D eigenvalue weighted by molar-refractivity contribution is 5.99. The van der Waals surface area contributed by atoms with Gasteiger partial charge in [-0.3, -0.25) is 20.5 Å². The Morgan fingerprint density at radius 1 is 1.26 bits per heavy atom. The Morgan fingerprint density at radius 3 is 2.48 bits per heavy atom. The molecule has 6 nitrogen and oxygen atoms in total. The minimum Gasteiger partial charge on any atom is -0.271 e. The van der Waals surface area contributed by atoms with Crippen LogP contribution in [0.15, 0.2) is 47.8 Å². The molecule has 0 amide bonds. The predicted octanol–water partition coefficient (Wildman–Crippen LogP) is 3.84. The number of hydrogen-bond donors (Lipinski definition) is 1. The summed E-state index contributed by atoms with van der Waals surface area (Å²) in [7, 11) is 0. The van der Waals surface area contributed by atoms with Crippen LogP contribution in [0, 0.1) is 10.1 Å². The van der Waals surface area contributed by atoms with Crippen LogP contribution < -0.4 is 5.43 Å². The quantitative estimate of drug-likeness (QED) is 0.526. The summed E-state index contributed by atoms with van der Waals surface area (Å²) in [6.07, 6.45) is -1.55. The molecule has 2 rings (SSSR count). The van der Waals surface area contributed by atoms with Crippen molar-refractivity contribution in [2.24, 2.45) is 5.10 Å². The summed E-state index contributed by atoms with van der Waals surface area (Å²) < 4.78 is 37.9. The number of nitro benzene ring substituents is 1. The van der Waals surface area contributed by atoms with Crippen molar-refractivity contribution in [3.8, 4) is 0 Å². The van der Waals surface area contributed by atoms with E-state index < -0.39 is 22.4 Å². The predicted molar refractivity (Wildman–Crippen MR) is 78.2 cm³/mol. The summed E-state index contributed by atoms with van der Waals surface area (Å²) >= 11 is 0. The summed E-state index contributed by atoms with van der Waals surface area (Å²) in [6, 6.07) is 5.57. The number of anilines is 1. The number of nitrogens with zero attached hydrogens (tertiary/aromatic N) is 3. The van der Waals surface area contributed by atoms with Crippen LogP contribution in [-0.4, -0.2) is 15.6 Å². The summed E-state index contributed by atoms with van der Waals surface area (Å²) in [5.41, 5.74) is 1.73. The van der Waals surface area contributed by atoms with Gasteiger partial charge in [-0.15, -0.1) is 0 Å². The molecule has 1 aromatic carbocycles. The van der Waals surface area contributed by atoms with E-state index in [2.05, 4.69) is 15.5 Å². The molecule has 0 aliphatic carbocycles. The molecule has 1 N–H and O–H groups in total.